The normalized spacial score (nSPS) is 18.2. The molecule has 118 valence electrons. The van der Waals surface area contributed by atoms with E-state index >= 15 is 0 Å². The Kier molecular flexibility index (Phi) is 4.15. The Balaban J connectivity index is 1.81. The van der Waals surface area contributed by atoms with Crippen molar-refractivity contribution >= 4 is 17.2 Å². The van der Waals surface area contributed by atoms with E-state index in [1.165, 1.54) is 11.3 Å². The minimum atomic E-state index is -0.100. The molecule has 1 saturated heterocycles. The molecule has 22 heavy (non-hydrogen) atoms. The molecule has 0 aliphatic carbocycles. The van der Waals surface area contributed by atoms with Gasteiger partial charge in [0.15, 0.2) is 5.82 Å². The summed E-state index contributed by atoms with van der Waals surface area (Å²) in [6, 6.07) is 1.68. The third-order valence-corrected chi connectivity index (χ3v) is 4.68. The quantitative estimate of drug-likeness (QED) is 0.864. The first-order valence-electron chi connectivity index (χ1n) is 7.37. The average Bonchev–Trinajstić information content (AvgIpc) is 3.24. The molecule has 2 aromatic rings. The zero-order chi connectivity index (χ0) is 15.7. The lowest BCUT2D eigenvalue weighted by atomic mass is 10.2. The second-order valence-corrected chi connectivity index (χ2v) is 6.56. The summed E-state index contributed by atoms with van der Waals surface area (Å²) in [5.74, 6) is 2.14. The van der Waals surface area contributed by atoms with Crippen LogP contribution in [0.2, 0.25) is 0 Å². The van der Waals surface area contributed by atoms with Crippen molar-refractivity contribution in [3.8, 4) is 5.75 Å². The molecule has 1 aliphatic rings. The SMILES string of the molecule is COc1csc(C(=O)N2CCCC2c2noc(C(C)C)n2)c1. The first-order chi connectivity index (χ1) is 10.6. The molecule has 1 atom stereocenters. The monoisotopic (exact) mass is 321 g/mol. The smallest absolute Gasteiger partial charge is 0.264 e. The number of carbonyl (C=O) groups is 1. The lowest BCUT2D eigenvalue weighted by Gasteiger charge is -2.21. The molecule has 1 unspecified atom stereocenters. The first kappa shape index (κ1) is 15.0. The maximum Gasteiger partial charge on any atom is 0.264 e. The van der Waals surface area contributed by atoms with E-state index in [2.05, 4.69) is 10.1 Å². The Hall–Kier alpha value is -1.89. The molecule has 1 aliphatic heterocycles. The fraction of sp³-hybridized carbons (Fsp3) is 0.533. The molecule has 1 fully saturated rings. The van der Waals surface area contributed by atoms with E-state index in [9.17, 15) is 4.79 Å². The number of likely N-dealkylation sites (tertiary alicyclic amines) is 1. The molecule has 3 rings (SSSR count). The van der Waals surface area contributed by atoms with Crippen LogP contribution in [0.3, 0.4) is 0 Å². The Morgan fingerprint density at radius 2 is 2.36 bits per heavy atom. The number of rotatable bonds is 4. The molecule has 0 radical (unpaired) electrons. The molecule has 2 aromatic heterocycles. The lowest BCUT2D eigenvalue weighted by Crippen LogP contribution is -2.30. The minimum absolute atomic E-state index is 0.00620. The minimum Gasteiger partial charge on any atom is -0.496 e. The van der Waals surface area contributed by atoms with Crippen molar-refractivity contribution in [2.45, 2.75) is 38.6 Å². The fourth-order valence-corrected chi connectivity index (χ4v) is 3.38. The second kappa shape index (κ2) is 6.08. The molecule has 0 N–H and O–H groups in total. The van der Waals surface area contributed by atoms with Gasteiger partial charge in [-0.1, -0.05) is 19.0 Å². The van der Waals surface area contributed by atoms with Crippen LogP contribution in [-0.2, 0) is 0 Å². The van der Waals surface area contributed by atoms with Crippen LogP contribution >= 0.6 is 11.3 Å². The molecule has 3 heterocycles. The number of hydrogen-bond donors (Lipinski definition) is 0. The Bertz CT molecular complexity index is 665. The molecule has 0 bridgehead atoms. The van der Waals surface area contributed by atoms with Crippen molar-refractivity contribution in [2.75, 3.05) is 13.7 Å². The number of amides is 1. The fourth-order valence-electron chi connectivity index (χ4n) is 2.57. The van der Waals surface area contributed by atoms with Crippen LogP contribution in [0.25, 0.3) is 0 Å². The highest BCUT2D eigenvalue weighted by atomic mass is 32.1. The highest BCUT2D eigenvalue weighted by Crippen LogP contribution is 2.33. The van der Waals surface area contributed by atoms with Gasteiger partial charge in [0.25, 0.3) is 5.91 Å². The van der Waals surface area contributed by atoms with Gasteiger partial charge in [0.1, 0.15) is 5.75 Å². The zero-order valence-electron chi connectivity index (χ0n) is 12.9. The molecule has 0 aromatic carbocycles. The van der Waals surface area contributed by atoms with Crippen molar-refractivity contribution < 1.29 is 14.1 Å². The van der Waals surface area contributed by atoms with Crippen LogP contribution in [0.15, 0.2) is 16.0 Å². The molecular weight excluding hydrogens is 302 g/mol. The van der Waals surface area contributed by atoms with Crippen molar-refractivity contribution in [1.82, 2.24) is 15.0 Å². The van der Waals surface area contributed by atoms with Gasteiger partial charge < -0.3 is 14.2 Å². The molecule has 1 amide bonds. The number of methoxy groups -OCH3 is 1. The van der Waals surface area contributed by atoms with Crippen LogP contribution in [0.4, 0.5) is 0 Å². The van der Waals surface area contributed by atoms with Crippen LogP contribution in [-0.4, -0.2) is 34.6 Å². The highest BCUT2D eigenvalue weighted by Gasteiger charge is 2.34. The van der Waals surface area contributed by atoms with Crippen LogP contribution in [0, 0.1) is 0 Å². The van der Waals surface area contributed by atoms with E-state index in [0.717, 1.165) is 19.4 Å². The van der Waals surface area contributed by atoms with E-state index in [4.69, 9.17) is 9.26 Å². The number of thiophene rings is 1. The Labute approximate surface area is 133 Å². The van der Waals surface area contributed by atoms with E-state index in [1.54, 1.807) is 13.2 Å². The van der Waals surface area contributed by atoms with Crippen LogP contribution in [0.1, 0.15) is 60.0 Å². The molecular formula is C15H19N3O3S. The zero-order valence-corrected chi connectivity index (χ0v) is 13.7. The Morgan fingerprint density at radius 1 is 1.55 bits per heavy atom. The van der Waals surface area contributed by atoms with Gasteiger partial charge in [-0.2, -0.15) is 4.98 Å². The van der Waals surface area contributed by atoms with E-state index in [1.807, 2.05) is 24.1 Å². The summed E-state index contributed by atoms with van der Waals surface area (Å²) in [7, 11) is 1.60. The maximum absolute atomic E-state index is 12.7. The summed E-state index contributed by atoms with van der Waals surface area (Å²) < 4.78 is 10.4. The summed E-state index contributed by atoms with van der Waals surface area (Å²) in [4.78, 5) is 19.7. The number of carbonyl (C=O) groups excluding carboxylic acids is 1. The number of ether oxygens (including phenoxy) is 1. The third-order valence-electron chi connectivity index (χ3n) is 3.78. The van der Waals surface area contributed by atoms with Gasteiger partial charge in [-0.3, -0.25) is 4.79 Å². The second-order valence-electron chi connectivity index (χ2n) is 5.65. The standard InChI is InChI=1S/C15H19N3O3S/c1-9(2)14-16-13(17-21-14)11-5-4-6-18(11)15(19)12-7-10(20-3)8-22-12/h7-9,11H,4-6H2,1-3H3. The summed E-state index contributed by atoms with van der Waals surface area (Å²) >= 11 is 1.40. The van der Waals surface area contributed by atoms with Crippen molar-refractivity contribution in [3.63, 3.8) is 0 Å². The molecule has 0 spiro atoms. The van der Waals surface area contributed by atoms with Crippen molar-refractivity contribution in [3.05, 3.63) is 28.0 Å². The summed E-state index contributed by atoms with van der Waals surface area (Å²) in [5, 5.41) is 5.90. The number of aromatic nitrogens is 2. The van der Waals surface area contributed by atoms with Gasteiger partial charge >= 0.3 is 0 Å². The van der Waals surface area contributed by atoms with Crippen LogP contribution in [0.5, 0.6) is 5.75 Å². The first-order valence-corrected chi connectivity index (χ1v) is 8.25. The van der Waals surface area contributed by atoms with E-state index in [-0.39, 0.29) is 17.9 Å². The Morgan fingerprint density at radius 3 is 3.00 bits per heavy atom. The number of nitrogens with zero attached hydrogens (tertiary/aromatic N) is 3. The summed E-state index contributed by atoms with van der Waals surface area (Å²) in [6.45, 7) is 4.73. The maximum atomic E-state index is 12.7. The predicted octanol–water partition coefficient (Wildman–Crippen LogP) is 3.24. The largest absolute Gasteiger partial charge is 0.496 e. The van der Waals surface area contributed by atoms with Crippen molar-refractivity contribution in [1.29, 1.82) is 0 Å². The average molecular weight is 321 g/mol. The van der Waals surface area contributed by atoms with Gasteiger partial charge in [0, 0.05) is 23.9 Å². The molecule has 6 nitrogen and oxygen atoms in total. The lowest BCUT2D eigenvalue weighted by molar-refractivity contribution is 0.0733. The summed E-state index contributed by atoms with van der Waals surface area (Å²) in [5.41, 5.74) is 0. The van der Waals surface area contributed by atoms with Gasteiger partial charge in [-0.15, -0.1) is 11.3 Å². The molecule has 0 saturated carbocycles. The van der Waals surface area contributed by atoms with Gasteiger partial charge in [0.05, 0.1) is 18.0 Å². The van der Waals surface area contributed by atoms with Gasteiger partial charge in [-0.25, -0.2) is 0 Å². The summed E-state index contributed by atoms with van der Waals surface area (Å²) in [6.07, 6.45) is 1.82. The van der Waals surface area contributed by atoms with Gasteiger partial charge in [-0.05, 0) is 12.8 Å². The third kappa shape index (κ3) is 2.72. The van der Waals surface area contributed by atoms with Gasteiger partial charge in [0.2, 0.25) is 5.89 Å². The van der Waals surface area contributed by atoms with Crippen LogP contribution < -0.4 is 4.74 Å². The number of hydrogen-bond acceptors (Lipinski definition) is 6. The topological polar surface area (TPSA) is 68.5 Å². The predicted molar refractivity (Wildman–Crippen MR) is 82.3 cm³/mol. The van der Waals surface area contributed by atoms with E-state index in [0.29, 0.717) is 22.3 Å². The van der Waals surface area contributed by atoms with Crippen molar-refractivity contribution in [2.24, 2.45) is 0 Å². The highest BCUT2D eigenvalue weighted by molar-refractivity contribution is 7.12. The van der Waals surface area contributed by atoms with E-state index < -0.39 is 0 Å². The molecule has 7 heteroatoms.